The molecule has 4 rings (SSSR count). The average Bonchev–Trinajstić information content (AvgIpc) is 2.95. The van der Waals surface area contributed by atoms with E-state index in [1.807, 2.05) is 66.4 Å². The van der Waals surface area contributed by atoms with Crippen LogP contribution in [-0.4, -0.2) is 24.8 Å². The Bertz CT molecular complexity index is 859. The summed E-state index contributed by atoms with van der Waals surface area (Å²) in [5.41, 5.74) is 3.02. The number of hydrogen-bond donors (Lipinski definition) is 1. The minimum atomic E-state index is -0.345. The molecule has 1 N–H and O–H groups in total. The largest absolute Gasteiger partial charge is 0.325 e. The molecule has 0 bridgehead atoms. The van der Waals surface area contributed by atoms with Crippen LogP contribution in [0.4, 0.5) is 17.1 Å². The molecule has 5 heteroatoms. The topological polar surface area (TPSA) is 52.7 Å². The molecule has 0 atom stereocenters. The zero-order chi connectivity index (χ0) is 17.4. The third-order valence-electron chi connectivity index (χ3n) is 4.61. The van der Waals surface area contributed by atoms with Gasteiger partial charge in [0.15, 0.2) is 5.78 Å². The summed E-state index contributed by atoms with van der Waals surface area (Å²) in [5.74, 6) is 0.251. The highest BCUT2D eigenvalue weighted by Gasteiger charge is 2.40. The number of hydrogen-bond acceptors (Lipinski definition) is 4. The summed E-state index contributed by atoms with van der Waals surface area (Å²) in [5, 5.41) is 2.86. The van der Waals surface area contributed by atoms with Crippen molar-refractivity contribution in [2.24, 2.45) is 0 Å². The van der Waals surface area contributed by atoms with E-state index in [1.165, 1.54) is 0 Å². The van der Waals surface area contributed by atoms with Gasteiger partial charge in [-0.1, -0.05) is 30.3 Å². The molecular weight excluding hydrogens is 314 g/mol. The molecule has 0 spiro atoms. The van der Waals surface area contributed by atoms with Crippen LogP contribution in [0, 0.1) is 0 Å². The summed E-state index contributed by atoms with van der Waals surface area (Å²) in [4.78, 5) is 29.6. The Morgan fingerprint density at radius 1 is 1.04 bits per heavy atom. The van der Waals surface area contributed by atoms with Crippen molar-refractivity contribution in [3.63, 3.8) is 0 Å². The number of para-hydroxylation sites is 3. The van der Waals surface area contributed by atoms with E-state index >= 15 is 0 Å². The Morgan fingerprint density at radius 2 is 1.72 bits per heavy atom. The van der Waals surface area contributed by atoms with Crippen LogP contribution in [0.1, 0.15) is 13.3 Å². The molecule has 2 aliphatic heterocycles. The van der Waals surface area contributed by atoms with Gasteiger partial charge < -0.3 is 15.1 Å². The maximum absolute atomic E-state index is 12.9. The number of Topliss-reactive ketones (excluding diaryl/α,β-unsaturated/α-hetero) is 1. The van der Waals surface area contributed by atoms with E-state index in [-0.39, 0.29) is 17.3 Å². The van der Waals surface area contributed by atoms with E-state index in [1.54, 1.807) is 0 Å². The fraction of sp³-hybridized carbons (Fsp3) is 0.200. The van der Waals surface area contributed by atoms with Crippen LogP contribution in [0.15, 0.2) is 66.0 Å². The van der Waals surface area contributed by atoms with Gasteiger partial charge in [-0.25, -0.2) is 0 Å². The normalized spacial score (nSPS) is 16.0. The van der Waals surface area contributed by atoms with Crippen molar-refractivity contribution in [3.8, 4) is 0 Å². The van der Waals surface area contributed by atoms with E-state index < -0.39 is 0 Å². The van der Waals surface area contributed by atoms with Gasteiger partial charge in [0.05, 0.1) is 11.4 Å². The lowest BCUT2D eigenvalue weighted by Gasteiger charge is -2.30. The molecule has 0 radical (unpaired) electrons. The third kappa shape index (κ3) is 2.48. The Balaban J connectivity index is 1.79. The van der Waals surface area contributed by atoms with Crippen LogP contribution < -0.4 is 15.1 Å². The van der Waals surface area contributed by atoms with Crippen LogP contribution in [0.3, 0.4) is 0 Å². The van der Waals surface area contributed by atoms with Crippen LogP contribution in [0.25, 0.3) is 0 Å². The number of nitrogens with zero attached hydrogens (tertiary/aromatic N) is 2. The minimum absolute atomic E-state index is 0.106. The van der Waals surface area contributed by atoms with Gasteiger partial charge in [-0.3, -0.25) is 9.59 Å². The maximum Gasteiger partial charge on any atom is 0.263 e. The summed E-state index contributed by atoms with van der Waals surface area (Å²) >= 11 is 0. The minimum Gasteiger partial charge on any atom is -0.325 e. The SMILES string of the molecule is CCN1C2=C(C(=O)Nc3ccccc3)C(=O)CCN2c2ccccc21. The second kappa shape index (κ2) is 6.09. The highest BCUT2D eigenvalue weighted by Crippen LogP contribution is 2.44. The van der Waals surface area contributed by atoms with Crippen molar-refractivity contribution in [1.29, 1.82) is 0 Å². The van der Waals surface area contributed by atoms with Crippen molar-refractivity contribution in [2.45, 2.75) is 13.3 Å². The quantitative estimate of drug-likeness (QED) is 0.877. The number of amides is 1. The molecule has 2 aromatic rings. The predicted octanol–water partition coefficient (Wildman–Crippen LogP) is 3.16. The molecule has 1 amide bonds. The second-order valence-corrected chi connectivity index (χ2v) is 6.08. The van der Waals surface area contributed by atoms with Crippen molar-refractivity contribution < 1.29 is 9.59 Å². The van der Waals surface area contributed by atoms with Gasteiger partial charge in [-0.05, 0) is 31.2 Å². The molecule has 0 saturated heterocycles. The smallest absolute Gasteiger partial charge is 0.263 e. The zero-order valence-corrected chi connectivity index (χ0v) is 14.0. The monoisotopic (exact) mass is 333 g/mol. The molecule has 0 aliphatic carbocycles. The number of benzene rings is 2. The summed E-state index contributed by atoms with van der Waals surface area (Å²) in [7, 11) is 0. The average molecular weight is 333 g/mol. The van der Waals surface area contributed by atoms with Crippen LogP contribution in [-0.2, 0) is 9.59 Å². The lowest BCUT2D eigenvalue weighted by Crippen LogP contribution is -2.40. The van der Waals surface area contributed by atoms with E-state index in [9.17, 15) is 9.59 Å². The number of carbonyl (C=O) groups is 2. The first kappa shape index (κ1) is 15.4. The molecule has 2 heterocycles. The van der Waals surface area contributed by atoms with E-state index in [2.05, 4.69) is 10.2 Å². The third-order valence-corrected chi connectivity index (χ3v) is 4.61. The van der Waals surface area contributed by atoms with Gasteiger partial charge >= 0.3 is 0 Å². The molecule has 2 aliphatic rings. The Morgan fingerprint density at radius 3 is 2.44 bits per heavy atom. The van der Waals surface area contributed by atoms with Crippen LogP contribution in [0.2, 0.25) is 0 Å². The number of anilines is 3. The maximum atomic E-state index is 12.9. The Labute approximate surface area is 146 Å². The van der Waals surface area contributed by atoms with Gasteiger partial charge in [0.25, 0.3) is 5.91 Å². The molecule has 0 aromatic heterocycles. The van der Waals surface area contributed by atoms with Gasteiger partial charge in [-0.2, -0.15) is 0 Å². The summed E-state index contributed by atoms with van der Waals surface area (Å²) in [6.45, 7) is 3.32. The fourth-order valence-corrected chi connectivity index (χ4v) is 3.52. The lowest BCUT2D eigenvalue weighted by atomic mass is 10.0. The van der Waals surface area contributed by atoms with Crippen molar-refractivity contribution in [3.05, 3.63) is 66.0 Å². The number of rotatable bonds is 3. The highest BCUT2D eigenvalue weighted by atomic mass is 16.2. The van der Waals surface area contributed by atoms with Gasteiger partial charge in [-0.15, -0.1) is 0 Å². The molecule has 25 heavy (non-hydrogen) atoms. The molecule has 0 saturated carbocycles. The standard InChI is InChI=1S/C20H19N3O2/c1-2-22-15-10-6-7-11-16(15)23-13-12-17(24)18(20(22)23)19(25)21-14-8-4-3-5-9-14/h3-11H,2,12-13H2,1H3,(H,21,25). The molecule has 0 unspecified atom stereocenters. The number of ketones is 1. The number of carbonyl (C=O) groups excluding carboxylic acids is 2. The van der Waals surface area contributed by atoms with Gasteiger partial charge in [0.2, 0.25) is 0 Å². The molecule has 5 nitrogen and oxygen atoms in total. The lowest BCUT2D eigenvalue weighted by molar-refractivity contribution is -0.120. The molecular formula is C20H19N3O2. The first-order chi connectivity index (χ1) is 12.2. The van der Waals surface area contributed by atoms with Crippen molar-refractivity contribution >= 4 is 28.8 Å². The van der Waals surface area contributed by atoms with Gasteiger partial charge in [0.1, 0.15) is 11.4 Å². The molecule has 2 aromatic carbocycles. The Hall–Kier alpha value is -3.08. The Kier molecular flexibility index (Phi) is 3.76. The summed E-state index contributed by atoms with van der Waals surface area (Å²) < 4.78 is 0. The second-order valence-electron chi connectivity index (χ2n) is 6.08. The van der Waals surface area contributed by atoms with Crippen molar-refractivity contribution in [1.82, 2.24) is 0 Å². The molecule has 126 valence electrons. The first-order valence-electron chi connectivity index (χ1n) is 8.48. The summed E-state index contributed by atoms with van der Waals surface area (Å²) in [6, 6.07) is 17.2. The van der Waals surface area contributed by atoms with E-state index in [0.717, 1.165) is 11.4 Å². The van der Waals surface area contributed by atoms with Crippen LogP contribution >= 0.6 is 0 Å². The van der Waals surface area contributed by atoms with Gasteiger partial charge in [0, 0.05) is 25.2 Å². The fourth-order valence-electron chi connectivity index (χ4n) is 3.52. The van der Waals surface area contributed by atoms with Crippen LogP contribution in [0.5, 0.6) is 0 Å². The number of fused-ring (bicyclic) bond motifs is 3. The zero-order valence-electron chi connectivity index (χ0n) is 14.0. The van der Waals surface area contributed by atoms with E-state index in [4.69, 9.17) is 0 Å². The summed E-state index contributed by atoms with van der Waals surface area (Å²) in [6.07, 6.45) is 0.340. The highest BCUT2D eigenvalue weighted by molar-refractivity contribution is 6.25. The predicted molar refractivity (Wildman–Crippen MR) is 98.5 cm³/mol. The number of nitrogens with one attached hydrogen (secondary N) is 1. The molecule has 0 fully saturated rings. The first-order valence-corrected chi connectivity index (χ1v) is 8.48. The van der Waals surface area contributed by atoms with E-state index in [0.29, 0.717) is 31.0 Å². The van der Waals surface area contributed by atoms with Crippen molar-refractivity contribution in [2.75, 3.05) is 28.2 Å².